The van der Waals surface area contributed by atoms with Crippen molar-refractivity contribution in [3.63, 3.8) is 0 Å². The zero-order chi connectivity index (χ0) is 12.1. The van der Waals surface area contributed by atoms with Gasteiger partial charge in [-0.25, -0.2) is 5.84 Å². The van der Waals surface area contributed by atoms with E-state index in [-0.39, 0.29) is 5.91 Å². The fourth-order valence-corrected chi connectivity index (χ4v) is 1.71. The first kappa shape index (κ1) is 15.4. The maximum Gasteiger partial charge on any atom is 0.233 e. The number of unbranched alkanes of at least 4 members (excludes halogenated alkanes) is 8. The van der Waals surface area contributed by atoms with Crippen LogP contribution in [-0.2, 0) is 4.79 Å². The van der Waals surface area contributed by atoms with E-state index in [4.69, 9.17) is 10.9 Å². The molecular formula is C12H26N2O2. The molecule has 16 heavy (non-hydrogen) atoms. The molecule has 0 fully saturated rings. The van der Waals surface area contributed by atoms with Crippen molar-refractivity contribution < 1.29 is 9.90 Å². The summed E-state index contributed by atoms with van der Waals surface area (Å²) in [5.74, 6) is 4.91. The molecule has 4 N–H and O–H groups in total. The van der Waals surface area contributed by atoms with Gasteiger partial charge in [0.15, 0.2) is 0 Å². The van der Waals surface area contributed by atoms with Crippen molar-refractivity contribution in [2.75, 3.05) is 6.61 Å². The summed E-state index contributed by atoms with van der Waals surface area (Å²) in [4.78, 5) is 10.8. The topological polar surface area (TPSA) is 75.3 Å². The quantitative estimate of drug-likeness (QED) is 0.219. The van der Waals surface area contributed by atoms with Crippen LogP contribution in [0.15, 0.2) is 0 Å². The van der Waals surface area contributed by atoms with Crippen LogP contribution in [-0.4, -0.2) is 17.6 Å². The smallest absolute Gasteiger partial charge is 0.233 e. The van der Waals surface area contributed by atoms with E-state index < -0.39 is 0 Å². The molecule has 0 aliphatic heterocycles. The maximum atomic E-state index is 10.8. The Balaban J connectivity index is 2.96. The molecule has 0 saturated heterocycles. The third kappa shape index (κ3) is 11.5. The van der Waals surface area contributed by atoms with Crippen molar-refractivity contribution in [1.29, 1.82) is 0 Å². The molecule has 1 amide bonds. The highest BCUT2D eigenvalue weighted by Crippen LogP contribution is 2.10. The molecule has 0 atom stereocenters. The molecule has 0 radical (unpaired) electrons. The van der Waals surface area contributed by atoms with Crippen LogP contribution in [0.1, 0.15) is 64.2 Å². The highest BCUT2D eigenvalue weighted by molar-refractivity contribution is 5.74. The van der Waals surface area contributed by atoms with Crippen LogP contribution in [0.2, 0.25) is 0 Å². The molecule has 0 aliphatic rings. The van der Waals surface area contributed by atoms with Crippen LogP contribution >= 0.6 is 0 Å². The highest BCUT2D eigenvalue weighted by Gasteiger charge is 1.97. The zero-order valence-electron chi connectivity index (χ0n) is 10.2. The zero-order valence-corrected chi connectivity index (χ0v) is 10.2. The molecule has 0 spiro atoms. The second-order valence-corrected chi connectivity index (χ2v) is 4.22. The summed E-state index contributed by atoms with van der Waals surface area (Å²) in [6, 6.07) is 0. The van der Waals surface area contributed by atoms with Gasteiger partial charge in [-0.15, -0.1) is 0 Å². The molecular weight excluding hydrogens is 204 g/mol. The number of amides is 1. The maximum absolute atomic E-state index is 10.8. The molecule has 0 unspecified atom stereocenters. The number of carbonyl (C=O) groups is 1. The Bertz CT molecular complexity index is 163. The Kier molecular flexibility index (Phi) is 12.0. The fraction of sp³-hybridized carbons (Fsp3) is 0.917. The van der Waals surface area contributed by atoms with E-state index in [2.05, 4.69) is 5.43 Å². The number of hydrogen-bond acceptors (Lipinski definition) is 3. The number of aliphatic hydroxyl groups is 1. The van der Waals surface area contributed by atoms with E-state index in [0.29, 0.717) is 13.0 Å². The number of nitrogens with one attached hydrogen (secondary N) is 1. The summed E-state index contributed by atoms with van der Waals surface area (Å²) in [6.45, 7) is 0.323. The minimum absolute atomic E-state index is 0.0657. The molecule has 0 aromatic carbocycles. The molecule has 4 heteroatoms. The standard InChI is InChI=1S/C12H26N2O2/c13-14-12(16)10-8-6-4-2-1-3-5-7-9-11-15/h15H,1-11,13H2,(H,14,16). The van der Waals surface area contributed by atoms with Gasteiger partial charge in [-0.1, -0.05) is 44.9 Å². The first-order chi connectivity index (χ1) is 7.81. The van der Waals surface area contributed by atoms with Gasteiger partial charge in [0.2, 0.25) is 5.91 Å². The minimum Gasteiger partial charge on any atom is -0.396 e. The lowest BCUT2D eigenvalue weighted by Gasteiger charge is -2.02. The van der Waals surface area contributed by atoms with Crippen LogP contribution in [0.5, 0.6) is 0 Å². The predicted octanol–water partition coefficient (Wildman–Crippen LogP) is 1.87. The Labute approximate surface area is 98.6 Å². The molecule has 0 bridgehead atoms. The van der Waals surface area contributed by atoms with Crippen LogP contribution in [0.3, 0.4) is 0 Å². The molecule has 0 heterocycles. The van der Waals surface area contributed by atoms with Crippen LogP contribution in [0.25, 0.3) is 0 Å². The highest BCUT2D eigenvalue weighted by atomic mass is 16.2. The van der Waals surface area contributed by atoms with Gasteiger partial charge in [0.1, 0.15) is 0 Å². The monoisotopic (exact) mass is 230 g/mol. The lowest BCUT2D eigenvalue weighted by Crippen LogP contribution is -2.29. The first-order valence-electron chi connectivity index (χ1n) is 6.41. The van der Waals surface area contributed by atoms with E-state index in [0.717, 1.165) is 25.7 Å². The summed E-state index contributed by atoms with van der Waals surface area (Å²) in [7, 11) is 0. The van der Waals surface area contributed by atoms with E-state index in [1.807, 2.05) is 0 Å². The van der Waals surface area contributed by atoms with Crippen molar-refractivity contribution in [2.45, 2.75) is 64.2 Å². The summed E-state index contributed by atoms with van der Waals surface area (Å²) in [5, 5.41) is 8.59. The predicted molar refractivity (Wildman–Crippen MR) is 65.6 cm³/mol. The second kappa shape index (κ2) is 12.5. The van der Waals surface area contributed by atoms with Gasteiger partial charge < -0.3 is 5.11 Å². The van der Waals surface area contributed by atoms with Gasteiger partial charge in [-0.3, -0.25) is 10.2 Å². The molecule has 0 aromatic rings. The Morgan fingerprint density at radius 1 is 0.875 bits per heavy atom. The van der Waals surface area contributed by atoms with Gasteiger partial charge >= 0.3 is 0 Å². The lowest BCUT2D eigenvalue weighted by molar-refractivity contribution is -0.121. The van der Waals surface area contributed by atoms with Gasteiger partial charge in [-0.2, -0.15) is 0 Å². The Morgan fingerprint density at radius 2 is 1.31 bits per heavy atom. The summed E-state index contributed by atoms with van der Waals surface area (Å²) >= 11 is 0. The van der Waals surface area contributed by atoms with Gasteiger partial charge in [0, 0.05) is 13.0 Å². The molecule has 4 nitrogen and oxygen atoms in total. The van der Waals surface area contributed by atoms with Crippen molar-refractivity contribution in [3.8, 4) is 0 Å². The van der Waals surface area contributed by atoms with Gasteiger partial charge in [0.05, 0.1) is 0 Å². The molecule has 0 aromatic heterocycles. The Morgan fingerprint density at radius 3 is 1.75 bits per heavy atom. The number of carbonyl (C=O) groups excluding carboxylic acids is 1. The number of aliphatic hydroxyl groups excluding tert-OH is 1. The van der Waals surface area contributed by atoms with Crippen LogP contribution in [0, 0.1) is 0 Å². The second-order valence-electron chi connectivity index (χ2n) is 4.22. The number of nitrogens with two attached hydrogens (primary N) is 1. The van der Waals surface area contributed by atoms with Crippen molar-refractivity contribution in [3.05, 3.63) is 0 Å². The average molecular weight is 230 g/mol. The normalized spacial score (nSPS) is 10.4. The third-order valence-electron chi connectivity index (χ3n) is 2.72. The molecule has 0 saturated carbocycles. The lowest BCUT2D eigenvalue weighted by atomic mass is 10.1. The number of hydrogen-bond donors (Lipinski definition) is 3. The molecule has 0 rings (SSSR count). The van der Waals surface area contributed by atoms with Gasteiger partial charge in [0.25, 0.3) is 0 Å². The SMILES string of the molecule is NNC(=O)CCCCCCCCCCCO. The first-order valence-corrected chi connectivity index (χ1v) is 6.41. The van der Waals surface area contributed by atoms with E-state index in [1.165, 1.54) is 32.1 Å². The number of hydrazine groups is 1. The van der Waals surface area contributed by atoms with Crippen LogP contribution in [0.4, 0.5) is 0 Å². The Hall–Kier alpha value is -0.610. The summed E-state index contributed by atoms with van der Waals surface area (Å²) in [6.07, 6.45) is 10.9. The minimum atomic E-state index is -0.0657. The largest absolute Gasteiger partial charge is 0.396 e. The fourth-order valence-electron chi connectivity index (χ4n) is 1.71. The summed E-state index contributed by atoms with van der Waals surface area (Å²) < 4.78 is 0. The average Bonchev–Trinajstić information content (AvgIpc) is 2.31. The van der Waals surface area contributed by atoms with Crippen molar-refractivity contribution in [2.24, 2.45) is 5.84 Å². The van der Waals surface area contributed by atoms with E-state index in [9.17, 15) is 4.79 Å². The van der Waals surface area contributed by atoms with E-state index >= 15 is 0 Å². The van der Waals surface area contributed by atoms with Gasteiger partial charge in [-0.05, 0) is 12.8 Å². The molecule has 0 aliphatic carbocycles. The van der Waals surface area contributed by atoms with Crippen molar-refractivity contribution in [1.82, 2.24) is 5.43 Å². The van der Waals surface area contributed by atoms with E-state index in [1.54, 1.807) is 0 Å². The van der Waals surface area contributed by atoms with Crippen LogP contribution < -0.4 is 11.3 Å². The number of rotatable bonds is 11. The molecule has 96 valence electrons. The van der Waals surface area contributed by atoms with Crippen molar-refractivity contribution >= 4 is 5.91 Å². The third-order valence-corrected chi connectivity index (χ3v) is 2.72. The summed E-state index contributed by atoms with van der Waals surface area (Å²) in [5.41, 5.74) is 2.14.